The van der Waals surface area contributed by atoms with Crippen molar-refractivity contribution in [2.24, 2.45) is 21.5 Å². The van der Waals surface area contributed by atoms with Crippen LogP contribution in [0.15, 0.2) is 70.6 Å². The number of benzene rings is 2. The minimum atomic E-state index is 0.610. The molecule has 4 nitrogen and oxygen atoms in total. The Bertz CT molecular complexity index is 598. The lowest BCUT2D eigenvalue weighted by Crippen LogP contribution is -2.08. The van der Waals surface area contributed by atoms with Gasteiger partial charge < -0.3 is 11.5 Å². The van der Waals surface area contributed by atoms with Crippen LogP contribution in [-0.2, 0) is 0 Å². The van der Waals surface area contributed by atoms with Crippen LogP contribution in [0.2, 0.25) is 0 Å². The van der Waals surface area contributed by atoms with Crippen molar-refractivity contribution < 1.29 is 0 Å². The van der Waals surface area contributed by atoms with Crippen molar-refractivity contribution in [2.45, 2.75) is 12.8 Å². The van der Waals surface area contributed by atoms with Gasteiger partial charge in [-0.15, -0.1) is 0 Å². The number of rotatable bonds is 7. The first-order valence-corrected chi connectivity index (χ1v) is 9.75. The molecule has 0 amide bonds. The third kappa shape index (κ3) is 7.57. The molecule has 24 heavy (non-hydrogen) atoms. The van der Waals surface area contributed by atoms with E-state index in [1.807, 2.05) is 60.7 Å². The van der Waals surface area contributed by atoms with E-state index in [9.17, 15) is 0 Å². The second-order valence-electron chi connectivity index (χ2n) is 4.98. The van der Waals surface area contributed by atoms with E-state index in [-0.39, 0.29) is 0 Å². The molecule has 0 aromatic heterocycles. The Hall–Kier alpha value is -1.92. The molecule has 0 saturated carbocycles. The molecule has 0 radical (unpaired) electrons. The molecule has 6 heteroatoms. The number of nitrogens with two attached hydrogens (primary N) is 2. The van der Waals surface area contributed by atoms with E-state index in [4.69, 9.17) is 11.5 Å². The van der Waals surface area contributed by atoms with Gasteiger partial charge in [0, 0.05) is 11.5 Å². The fourth-order valence-corrected chi connectivity index (χ4v) is 3.34. The van der Waals surface area contributed by atoms with Crippen LogP contribution >= 0.6 is 23.5 Å². The van der Waals surface area contributed by atoms with Crippen molar-refractivity contribution in [2.75, 3.05) is 11.5 Å². The molecule has 0 fully saturated rings. The van der Waals surface area contributed by atoms with Gasteiger partial charge in [0.1, 0.15) is 0 Å². The van der Waals surface area contributed by atoms with Gasteiger partial charge in [-0.05, 0) is 37.1 Å². The Labute approximate surface area is 151 Å². The molecule has 0 saturated heterocycles. The van der Waals surface area contributed by atoms with Crippen LogP contribution in [0.5, 0.6) is 0 Å². The van der Waals surface area contributed by atoms with Crippen molar-refractivity contribution in [3.05, 3.63) is 60.7 Å². The number of unbranched alkanes of at least 4 members (excludes halogenated alkanes) is 1. The van der Waals surface area contributed by atoms with Gasteiger partial charge >= 0.3 is 0 Å². The van der Waals surface area contributed by atoms with E-state index in [0.29, 0.717) is 10.3 Å². The lowest BCUT2D eigenvalue weighted by Gasteiger charge is -2.02. The number of amidine groups is 2. The molecule has 126 valence electrons. The van der Waals surface area contributed by atoms with Crippen LogP contribution in [0.3, 0.4) is 0 Å². The topological polar surface area (TPSA) is 76.8 Å². The molecule has 0 aliphatic rings. The van der Waals surface area contributed by atoms with Crippen molar-refractivity contribution in [3.63, 3.8) is 0 Å². The summed E-state index contributed by atoms with van der Waals surface area (Å²) in [6.45, 7) is 0. The highest BCUT2D eigenvalue weighted by Gasteiger charge is 1.98. The molecular formula is C18H22N4S2. The Morgan fingerprint density at radius 2 is 1.04 bits per heavy atom. The normalized spacial score (nSPS) is 12.3. The van der Waals surface area contributed by atoms with Gasteiger partial charge in [-0.25, -0.2) is 9.98 Å². The number of para-hydroxylation sites is 2. The van der Waals surface area contributed by atoms with Crippen molar-refractivity contribution >= 4 is 45.2 Å². The van der Waals surface area contributed by atoms with Gasteiger partial charge in [-0.1, -0.05) is 59.9 Å². The molecule has 0 aliphatic carbocycles. The molecule has 0 aliphatic heterocycles. The molecule has 0 atom stereocenters. The van der Waals surface area contributed by atoms with Crippen LogP contribution in [0.25, 0.3) is 0 Å². The number of nitrogens with zero attached hydrogens (tertiary/aromatic N) is 2. The van der Waals surface area contributed by atoms with Crippen LogP contribution in [0, 0.1) is 0 Å². The second kappa shape index (κ2) is 10.8. The molecule has 0 spiro atoms. The van der Waals surface area contributed by atoms with Crippen LogP contribution in [-0.4, -0.2) is 21.8 Å². The summed E-state index contributed by atoms with van der Waals surface area (Å²) in [4.78, 5) is 8.73. The number of hydrogen-bond acceptors (Lipinski definition) is 4. The van der Waals surface area contributed by atoms with E-state index >= 15 is 0 Å². The summed E-state index contributed by atoms with van der Waals surface area (Å²) in [6, 6.07) is 19.5. The average molecular weight is 359 g/mol. The summed E-state index contributed by atoms with van der Waals surface area (Å²) in [7, 11) is 0. The van der Waals surface area contributed by atoms with Crippen LogP contribution < -0.4 is 11.5 Å². The highest BCUT2D eigenvalue weighted by molar-refractivity contribution is 8.14. The summed E-state index contributed by atoms with van der Waals surface area (Å²) < 4.78 is 0. The zero-order chi connectivity index (χ0) is 17.0. The molecule has 2 aromatic carbocycles. The lowest BCUT2D eigenvalue weighted by molar-refractivity contribution is 0.910. The fraction of sp³-hybridized carbons (Fsp3) is 0.222. The van der Waals surface area contributed by atoms with Gasteiger partial charge in [-0.2, -0.15) is 0 Å². The predicted octanol–water partition coefficient (Wildman–Crippen LogP) is 4.53. The fourth-order valence-electron chi connectivity index (χ4n) is 1.88. The number of thioether (sulfide) groups is 2. The zero-order valence-electron chi connectivity index (χ0n) is 13.5. The van der Waals surface area contributed by atoms with Crippen LogP contribution in [0.4, 0.5) is 11.4 Å². The Balaban J connectivity index is 1.60. The van der Waals surface area contributed by atoms with E-state index in [0.717, 1.165) is 35.7 Å². The molecule has 4 N–H and O–H groups in total. The highest BCUT2D eigenvalue weighted by atomic mass is 32.2. The molecule has 2 rings (SSSR count). The standard InChI is InChI=1S/C18H22N4S2/c19-17(21-15-9-3-1-4-10-15)23-13-7-8-14-24-18(20)22-16-11-5-2-6-12-16/h1-6,9-12H,7-8,13-14H2,(H2,19,21)(H2,20,22). The van der Waals surface area contributed by atoms with Crippen molar-refractivity contribution in [1.29, 1.82) is 0 Å². The first-order chi connectivity index (χ1) is 11.7. The van der Waals surface area contributed by atoms with Gasteiger partial charge in [0.05, 0.1) is 11.4 Å². The first kappa shape index (κ1) is 18.4. The zero-order valence-corrected chi connectivity index (χ0v) is 15.1. The maximum Gasteiger partial charge on any atom is 0.159 e. The third-order valence-electron chi connectivity index (χ3n) is 3.03. The van der Waals surface area contributed by atoms with E-state index in [1.54, 1.807) is 23.5 Å². The largest absolute Gasteiger partial charge is 0.378 e. The summed E-state index contributed by atoms with van der Waals surface area (Å²) in [5.41, 5.74) is 13.6. The van der Waals surface area contributed by atoms with Crippen molar-refractivity contribution in [1.82, 2.24) is 0 Å². The summed E-state index contributed by atoms with van der Waals surface area (Å²) in [5, 5.41) is 1.22. The lowest BCUT2D eigenvalue weighted by atomic mass is 10.3. The van der Waals surface area contributed by atoms with Gasteiger partial charge in [0.2, 0.25) is 0 Å². The second-order valence-corrected chi connectivity index (χ2v) is 7.21. The van der Waals surface area contributed by atoms with E-state index in [2.05, 4.69) is 9.98 Å². The predicted molar refractivity (Wildman–Crippen MR) is 110 cm³/mol. The SMILES string of the molecule is NC(=Nc1ccccc1)SCCCCSC(N)=Nc1ccccc1. The molecule has 0 bridgehead atoms. The van der Waals surface area contributed by atoms with E-state index in [1.165, 1.54) is 0 Å². The monoisotopic (exact) mass is 358 g/mol. The smallest absolute Gasteiger partial charge is 0.159 e. The van der Waals surface area contributed by atoms with E-state index < -0.39 is 0 Å². The average Bonchev–Trinajstić information content (AvgIpc) is 2.60. The van der Waals surface area contributed by atoms with Crippen molar-refractivity contribution in [3.8, 4) is 0 Å². The van der Waals surface area contributed by atoms with Crippen LogP contribution in [0.1, 0.15) is 12.8 Å². The minimum Gasteiger partial charge on any atom is -0.378 e. The maximum atomic E-state index is 5.92. The molecule has 2 aromatic rings. The third-order valence-corrected chi connectivity index (χ3v) is 4.79. The summed E-state index contributed by atoms with van der Waals surface area (Å²) in [6.07, 6.45) is 2.14. The quantitative estimate of drug-likeness (QED) is 0.433. The number of hydrogen-bond donors (Lipinski definition) is 2. The summed E-state index contributed by atoms with van der Waals surface area (Å²) >= 11 is 3.18. The Kier molecular flexibility index (Phi) is 8.27. The number of aliphatic imine (C=N–C) groups is 2. The molecule has 0 unspecified atom stereocenters. The van der Waals surface area contributed by atoms with Gasteiger partial charge in [0.25, 0.3) is 0 Å². The first-order valence-electron chi connectivity index (χ1n) is 7.78. The molecule has 0 heterocycles. The maximum absolute atomic E-state index is 5.92. The van der Waals surface area contributed by atoms with Gasteiger partial charge in [-0.3, -0.25) is 0 Å². The van der Waals surface area contributed by atoms with Gasteiger partial charge in [0.15, 0.2) is 10.3 Å². The highest BCUT2D eigenvalue weighted by Crippen LogP contribution is 2.16. The Morgan fingerprint density at radius 3 is 1.42 bits per heavy atom. The Morgan fingerprint density at radius 1 is 0.667 bits per heavy atom. The minimum absolute atomic E-state index is 0.610. The summed E-state index contributed by atoms with van der Waals surface area (Å²) in [5.74, 6) is 1.91. The molecular weight excluding hydrogens is 336 g/mol.